The summed E-state index contributed by atoms with van der Waals surface area (Å²) in [4.78, 5) is 6.86. The highest BCUT2D eigenvalue weighted by Crippen LogP contribution is 2.04. The Morgan fingerprint density at radius 2 is 2.12 bits per heavy atom. The first-order valence-corrected chi connectivity index (χ1v) is 5.88. The predicted octanol–water partition coefficient (Wildman–Crippen LogP) is 1.62. The van der Waals surface area contributed by atoms with Crippen LogP contribution in [0, 0.1) is 0 Å². The van der Waals surface area contributed by atoms with Crippen molar-refractivity contribution in [2.45, 2.75) is 25.8 Å². The number of nitrogens with zero attached hydrogens (tertiary/aromatic N) is 2. The molecule has 0 aromatic carbocycles. The Morgan fingerprint density at radius 3 is 2.69 bits per heavy atom. The fourth-order valence-corrected chi connectivity index (χ4v) is 1.76. The van der Waals surface area contributed by atoms with E-state index in [9.17, 15) is 0 Å². The zero-order valence-electron chi connectivity index (χ0n) is 9.89. The highest BCUT2D eigenvalue weighted by molar-refractivity contribution is 7.80. The molecular formula is C12H19N3S. The van der Waals surface area contributed by atoms with Gasteiger partial charge in [-0.25, -0.2) is 0 Å². The molecule has 0 spiro atoms. The van der Waals surface area contributed by atoms with Gasteiger partial charge < -0.3 is 10.6 Å². The molecule has 1 aromatic heterocycles. The maximum Gasteiger partial charge on any atom is 0.0742 e. The normalized spacial score (nSPS) is 12.7. The van der Waals surface area contributed by atoms with Gasteiger partial charge in [0.15, 0.2) is 0 Å². The van der Waals surface area contributed by atoms with E-state index in [4.69, 9.17) is 18.0 Å². The van der Waals surface area contributed by atoms with Crippen LogP contribution in [0.5, 0.6) is 0 Å². The standard InChI is InChI=1S/C12H19N3S/c1-10(9-12(13)16)15(2)8-5-11-3-6-14-7-4-11/h3-4,6-7,10H,5,8-9H2,1-2H3,(H2,13,16). The molecule has 0 aliphatic heterocycles. The van der Waals surface area contributed by atoms with Gasteiger partial charge in [-0.3, -0.25) is 4.98 Å². The number of likely N-dealkylation sites (N-methyl/N-ethyl adjacent to an activating group) is 1. The Labute approximate surface area is 103 Å². The van der Waals surface area contributed by atoms with Crippen molar-refractivity contribution in [3.8, 4) is 0 Å². The van der Waals surface area contributed by atoms with Crippen LogP contribution in [0.25, 0.3) is 0 Å². The smallest absolute Gasteiger partial charge is 0.0742 e. The molecule has 2 N–H and O–H groups in total. The van der Waals surface area contributed by atoms with Gasteiger partial charge in [0.25, 0.3) is 0 Å². The molecule has 1 atom stereocenters. The summed E-state index contributed by atoms with van der Waals surface area (Å²) in [5.41, 5.74) is 6.84. The molecule has 0 bridgehead atoms. The minimum atomic E-state index is 0.402. The van der Waals surface area contributed by atoms with Gasteiger partial charge in [0.05, 0.1) is 4.99 Å². The monoisotopic (exact) mass is 237 g/mol. The van der Waals surface area contributed by atoms with Gasteiger partial charge in [-0.1, -0.05) is 12.2 Å². The number of thiocarbonyl (C=S) groups is 1. The number of nitrogens with two attached hydrogens (primary N) is 1. The first-order chi connectivity index (χ1) is 7.59. The molecule has 0 fully saturated rings. The summed E-state index contributed by atoms with van der Waals surface area (Å²) < 4.78 is 0. The summed E-state index contributed by atoms with van der Waals surface area (Å²) in [6.07, 6.45) is 5.46. The van der Waals surface area contributed by atoms with Crippen molar-refractivity contribution < 1.29 is 0 Å². The lowest BCUT2D eigenvalue weighted by molar-refractivity contribution is 0.267. The van der Waals surface area contributed by atoms with Crippen LogP contribution in [0.2, 0.25) is 0 Å². The average molecular weight is 237 g/mol. The minimum Gasteiger partial charge on any atom is -0.393 e. The Hall–Kier alpha value is -1.00. The molecule has 0 saturated carbocycles. The average Bonchev–Trinajstić information content (AvgIpc) is 2.26. The maximum atomic E-state index is 5.53. The fourth-order valence-electron chi connectivity index (χ4n) is 1.52. The second-order valence-corrected chi connectivity index (χ2v) is 4.63. The van der Waals surface area contributed by atoms with Crippen LogP contribution >= 0.6 is 12.2 Å². The summed E-state index contributed by atoms with van der Waals surface area (Å²) in [7, 11) is 2.10. The van der Waals surface area contributed by atoms with Crippen molar-refractivity contribution in [3.05, 3.63) is 30.1 Å². The molecule has 0 radical (unpaired) electrons. The zero-order valence-corrected chi connectivity index (χ0v) is 10.7. The third kappa shape index (κ3) is 4.68. The second kappa shape index (κ2) is 6.55. The van der Waals surface area contributed by atoms with E-state index < -0.39 is 0 Å². The molecular weight excluding hydrogens is 218 g/mol. The Kier molecular flexibility index (Phi) is 5.35. The lowest BCUT2D eigenvalue weighted by Gasteiger charge is -2.24. The van der Waals surface area contributed by atoms with Gasteiger partial charge in [-0.15, -0.1) is 0 Å². The van der Waals surface area contributed by atoms with Crippen molar-refractivity contribution in [1.29, 1.82) is 0 Å². The largest absolute Gasteiger partial charge is 0.393 e. The first kappa shape index (κ1) is 13.1. The maximum absolute atomic E-state index is 5.53. The van der Waals surface area contributed by atoms with Gasteiger partial charge in [-0.2, -0.15) is 0 Å². The molecule has 16 heavy (non-hydrogen) atoms. The Balaban J connectivity index is 2.35. The molecule has 1 rings (SSSR count). The zero-order chi connectivity index (χ0) is 12.0. The Morgan fingerprint density at radius 1 is 1.50 bits per heavy atom. The summed E-state index contributed by atoms with van der Waals surface area (Å²) in [5.74, 6) is 0. The van der Waals surface area contributed by atoms with E-state index in [-0.39, 0.29) is 0 Å². The SMILES string of the molecule is CC(CC(N)=S)N(C)CCc1ccncc1. The van der Waals surface area contributed by atoms with E-state index in [1.807, 2.05) is 24.5 Å². The highest BCUT2D eigenvalue weighted by Gasteiger charge is 2.09. The number of rotatable bonds is 6. The molecule has 0 saturated heterocycles. The third-order valence-corrected chi connectivity index (χ3v) is 2.92. The molecule has 4 heteroatoms. The van der Waals surface area contributed by atoms with Gasteiger partial charge in [0.2, 0.25) is 0 Å². The molecule has 0 amide bonds. The van der Waals surface area contributed by atoms with E-state index >= 15 is 0 Å². The topological polar surface area (TPSA) is 42.1 Å². The lowest BCUT2D eigenvalue weighted by atomic mass is 10.1. The quantitative estimate of drug-likeness (QED) is 0.764. The van der Waals surface area contributed by atoms with Crippen LogP contribution in [-0.4, -0.2) is 34.5 Å². The lowest BCUT2D eigenvalue weighted by Crippen LogP contribution is -2.34. The van der Waals surface area contributed by atoms with Crippen LogP contribution < -0.4 is 5.73 Å². The van der Waals surface area contributed by atoms with Crippen LogP contribution in [0.3, 0.4) is 0 Å². The predicted molar refractivity (Wildman–Crippen MR) is 71.4 cm³/mol. The summed E-state index contributed by atoms with van der Waals surface area (Å²) >= 11 is 4.91. The molecule has 88 valence electrons. The van der Waals surface area contributed by atoms with E-state index in [2.05, 4.69) is 23.9 Å². The molecule has 3 nitrogen and oxygen atoms in total. The highest BCUT2D eigenvalue weighted by atomic mass is 32.1. The summed E-state index contributed by atoms with van der Waals surface area (Å²) in [6, 6.07) is 4.50. The van der Waals surface area contributed by atoms with Crippen LogP contribution in [0.4, 0.5) is 0 Å². The van der Waals surface area contributed by atoms with Crippen LogP contribution in [0.15, 0.2) is 24.5 Å². The van der Waals surface area contributed by atoms with Crippen molar-refractivity contribution in [3.63, 3.8) is 0 Å². The number of aromatic nitrogens is 1. The number of pyridine rings is 1. The molecule has 0 aliphatic rings. The van der Waals surface area contributed by atoms with Gasteiger partial charge >= 0.3 is 0 Å². The molecule has 1 heterocycles. The number of hydrogen-bond donors (Lipinski definition) is 1. The summed E-state index contributed by atoms with van der Waals surface area (Å²) in [5, 5.41) is 0. The fraction of sp³-hybridized carbons (Fsp3) is 0.500. The second-order valence-electron chi connectivity index (χ2n) is 4.11. The first-order valence-electron chi connectivity index (χ1n) is 5.47. The van der Waals surface area contributed by atoms with Crippen LogP contribution in [0.1, 0.15) is 18.9 Å². The summed E-state index contributed by atoms with van der Waals surface area (Å²) in [6.45, 7) is 3.15. The molecule has 0 aliphatic carbocycles. The van der Waals surface area contributed by atoms with E-state index in [0.29, 0.717) is 11.0 Å². The van der Waals surface area contributed by atoms with Gasteiger partial charge in [0, 0.05) is 31.4 Å². The van der Waals surface area contributed by atoms with Crippen molar-refractivity contribution in [1.82, 2.24) is 9.88 Å². The minimum absolute atomic E-state index is 0.402. The van der Waals surface area contributed by atoms with Gasteiger partial charge in [-0.05, 0) is 38.1 Å². The molecule has 1 aromatic rings. The van der Waals surface area contributed by atoms with E-state index in [0.717, 1.165) is 19.4 Å². The van der Waals surface area contributed by atoms with Gasteiger partial charge in [0.1, 0.15) is 0 Å². The van der Waals surface area contributed by atoms with E-state index in [1.54, 1.807) is 0 Å². The van der Waals surface area contributed by atoms with Crippen molar-refractivity contribution in [2.24, 2.45) is 5.73 Å². The number of hydrogen-bond acceptors (Lipinski definition) is 3. The Bertz CT molecular complexity index is 326. The van der Waals surface area contributed by atoms with Crippen molar-refractivity contribution >= 4 is 17.2 Å². The van der Waals surface area contributed by atoms with E-state index in [1.165, 1.54) is 5.56 Å². The van der Waals surface area contributed by atoms with Crippen LogP contribution in [-0.2, 0) is 6.42 Å². The molecule has 1 unspecified atom stereocenters. The third-order valence-electron chi connectivity index (χ3n) is 2.75. The van der Waals surface area contributed by atoms with Crippen molar-refractivity contribution in [2.75, 3.05) is 13.6 Å².